The predicted molar refractivity (Wildman–Crippen MR) is 145 cm³/mol. The van der Waals surface area contributed by atoms with E-state index in [0.29, 0.717) is 39.8 Å². The number of aromatic amines is 2. The van der Waals surface area contributed by atoms with Crippen LogP contribution in [-0.4, -0.2) is 47.8 Å². The van der Waals surface area contributed by atoms with Gasteiger partial charge in [-0.2, -0.15) is 5.10 Å². The summed E-state index contributed by atoms with van der Waals surface area (Å²) in [6.07, 6.45) is 5.05. The molecule has 6 heterocycles. The van der Waals surface area contributed by atoms with E-state index in [9.17, 15) is 4.79 Å². The Bertz CT molecular complexity index is 1890. The van der Waals surface area contributed by atoms with Crippen LogP contribution in [0.15, 0.2) is 61.1 Å². The number of nitrogens with zero attached hydrogens (tertiary/aromatic N) is 5. The van der Waals surface area contributed by atoms with Crippen molar-refractivity contribution in [3.63, 3.8) is 0 Å². The van der Waals surface area contributed by atoms with Gasteiger partial charge in [0.1, 0.15) is 5.52 Å². The summed E-state index contributed by atoms with van der Waals surface area (Å²) < 4.78 is 11.0. The van der Waals surface area contributed by atoms with Crippen LogP contribution >= 0.6 is 0 Å². The minimum absolute atomic E-state index is 0.0758. The number of carbonyl (C=O) groups excluding carboxylic acids is 1. The Labute approximate surface area is 221 Å². The van der Waals surface area contributed by atoms with Crippen molar-refractivity contribution in [2.45, 2.75) is 13.8 Å². The third-order valence-corrected chi connectivity index (χ3v) is 6.53. The topological polar surface area (TPSA) is 144 Å². The molecule has 1 aromatic carbocycles. The third-order valence-electron chi connectivity index (χ3n) is 6.53. The Morgan fingerprint density at radius 3 is 2.79 bits per heavy atom. The van der Waals surface area contributed by atoms with Crippen molar-refractivity contribution in [1.82, 2.24) is 35.1 Å². The number of carbonyl (C=O) groups is 1. The molecule has 0 saturated heterocycles. The number of aromatic nitrogens is 7. The van der Waals surface area contributed by atoms with Crippen LogP contribution in [0.1, 0.15) is 13.8 Å². The lowest BCUT2D eigenvalue weighted by atomic mass is 10.1. The Morgan fingerprint density at radius 2 is 1.90 bits per heavy atom. The van der Waals surface area contributed by atoms with E-state index in [2.05, 4.69) is 30.5 Å². The van der Waals surface area contributed by atoms with Gasteiger partial charge in [-0.1, -0.05) is 19.9 Å². The molecule has 7 rings (SSSR count). The summed E-state index contributed by atoms with van der Waals surface area (Å²) in [5, 5.41) is 10.4. The van der Waals surface area contributed by atoms with Gasteiger partial charge >= 0.3 is 0 Å². The van der Waals surface area contributed by atoms with E-state index in [1.165, 1.54) is 0 Å². The molecule has 0 spiro atoms. The number of amides is 1. The van der Waals surface area contributed by atoms with Crippen molar-refractivity contribution in [3.05, 3.63) is 61.1 Å². The molecule has 0 bridgehead atoms. The molecule has 0 fully saturated rings. The molecule has 1 aliphatic heterocycles. The third kappa shape index (κ3) is 4.00. The van der Waals surface area contributed by atoms with Crippen LogP contribution in [0.25, 0.3) is 56.1 Å². The zero-order valence-electron chi connectivity index (χ0n) is 21.0. The molecular formula is C28H22N8O3. The summed E-state index contributed by atoms with van der Waals surface area (Å²) >= 11 is 0. The van der Waals surface area contributed by atoms with Gasteiger partial charge in [0.25, 0.3) is 0 Å². The van der Waals surface area contributed by atoms with Gasteiger partial charge in [0, 0.05) is 29.4 Å². The van der Waals surface area contributed by atoms with Crippen LogP contribution in [0, 0.1) is 5.92 Å². The molecule has 0 aliphatic carbocycles. The second-order valence-electron chi connectivity index (χ2n) is 9.48. The van der Waals surface area contributed by atoms with Gasteiger partial charge in [0.2, 0.25) is 12.7 Å². The van der Waals surface area contributed by atoms with Gasteiger partial charge < -0.3 is 19.8 Å². The Morgan fingerprint density at radius 1 is 1.00 bits per heavy atom. The Hall–Kier alpha value is -5.32. The van der Waals surface area contributed by atoms with E-state index in [1.54, 1.807) is 18.6 Å². The zero-order valence-corrected chi connectivity index (χ0v) is 21.0. The number of rotatable bonds is 5. The van der Waals surface area contributed by atoms with Gasteiger partial charge in [-0.05, 0) is 42.0 Å². The second-order valence-corrected chi connectivity index (χ2v) is 9.48. The van der Waals surface area contributed by atoms with Crippen LogP contribution in [0.3, 0.4) is 0 Å². The number of H-pyrrole nitrogens is 2. The fourth-order valence-corrected chi connectivity index (χ4v) is 4.49. The van der Waals surface area contributed by atoms with Gasteiger partial charge in [-0.3, -0.25) is 14.9 Å². The molecule has 3 N–H and O–H groups in total. The quantitative estimate of drug-likeness (QED) is 0.291. The summed E-state index contributed by atoms with van der Waals surface area (Å²) in [5.41, 5.74) is 7.25. The highest BCUT2D eigenvalue weighted by molar-refractivity contribution is 5.95. The molecule has 39 heavy (non-hydrogen) atoms. The molecule has 0 saturated carbocycles. The lowest BCUT2D eigenvalue weighted by Crippen LogP contribution is -2.17. The lowest BCUT2D eigenvalue weighted by Gasteiger charge is -2.08. The number of fused-ring (bicyclic) bond motifs is 3. The summed E-state index contributed by atoms with van der Waals surface area (Å²) in [6.45, 7) is 3.90. The minimum atomic E-state index is -0.138. The highest BCUT2D eigenvalue weighted by Crippen LogP contribution is 2.38. The first-order valence-corrected chi connectivity index (χ1v) is 12.4. The second kappa shape index (κ2) is 8.91. The summed E-state index contributed by atoms with van der Waals surface area (Å²) in [4.78, 5) is 33.9. The number of pyridine rings is 3. The van der Waals surface area contributed by atoms with Crippen molar-refractivity contribution in [2.75, 3.05) is 12.1 Å². The van der Waals surface area contributed by atoms with Gasteiger partial charge in [0.15, 0.2) is 28.7 Å². The Balaban J connectivity index is 1.28. The molecule has 1 aliphatic rings. The average Bonchev–Trinajstić information content (AvgIpc) is 3.69. The van der Waals surface area contributed by atoms with Crippen molar-refractivity contribution in [3.8, 4) is 45.4 Å². The van der Waals surface area contributed by atoms with Crippen LogP contribution in [0.4, 0.5) is 5.69 Å². The number of hydrogen-bond acceptors (Lipinski definition) is 8. The van der Waals surface area contributed by atoms with Crippen molar-refractivity contribution < 1.29 is 14.3 Å². The minimum Gasteiger partial charge on any atom is -0.454 e. The summed E-state index contributed by atoms with van der Waals surface area (Å²) in [7, 11) is 0. The molecule has 11 heteroatoms. The normalized spacial score (nSPS) is 12.5. The number of ether oxygens (including phenoxy) is 2. The molecule has 0 radical (unpaired) electrons. The van der Waals surface area contributed by atoms with Crippen molar-refractivity contribution >= 4 is 33.8 Å². The van der Waals surface area contributed by atoms with Crippen LogP contribution in [-0.2, 0) is 4.79 Å². The first kappa shape index (κ1) is 22.8. The van der Waals surface area contributed by atoms with Gasteiger partial charge in [0.05, 0.1) is 28.6 Å². The van der Waals surface area contributed by atoms with E-state index in [4.69, 9.17) is 19.4 Å². The maximum Gasteiger partial charge on any atom is 0.231 e. The van der Waals surface area contributed by atoms with E-state index in [-0.39, 0.29) is 18.6 Å². The fourth-order valence-electron chi connectivity index (χ4n) is 4.49. The number of nitrogens with one attached hydrogen (secondary N) is 3. The molecule has 0 unspecified atom stereocenters. The summed E-state index contributed by atoms with van der Waals surface area (Å²) in [5.74, 6) is 1.75. The summed E-state index contributed by atoms with van der Waals surface area (Å²) in [6, 6.07) is 13.4. The fraction of sp³-hybridized carbons (Fsp3) is 0.143. The number of anilines is 1. The largest absolute Gasteiger partial charge is 0.454 e. The molecule has 0 atom stereocenters. The standard InChI is InChI=1S/C28H22N8O3/c1-14(2)28(37)31-17-9-16(11-29-12-17)19-4-5-20-24(32-19)25(36-35-20)27-33-23-18(7-8-30-26(23)34-27)15-3-6-21-22(10-15)39-13-38-21/h3-12,14H,13H2,1-2H3,(H,31,37)(H,35,36)(H,30,33,34). The van der Waals surface area contributed by atoms with Crippen molar-refractivity contribution in [2.24, 2.45) is 5.92 Å². The van der Waals surface area contributed by atoms with Gasteiger partial charge in [-0.25, -0.2) is 15.0 Å². The van der Waals surface area contributed by atoms with E-state index >= 15 is 0 Å². The number of benzene rings is 1. The molecular weight excluding hydrogens is 496 g/mol. The first-order chi connectivity index (χ1) is 19.0. The lowest BCUT2D eigenvalue weighted by molar-refractivity contribution is -0.118. The highest BCUT2D eigenvalue weighted by atomic mass is 16.7. The monoisotopic (exact) mass is 518 g/mol. The SMILES string of the molecule is CC(C)C(=O)Nc1cncc(-c2ccc3[nH]nc(-c4nc5nccc(-c6ccc7c(c6)OCO7)c5[nH]4)c3n2)c1. The van der Waals surface area contributed by atoms with E-state index in [0.717, 1.165) is 33.5 Å². The molecule has 192 valence electrons. The van der Waals surface area contributed by atoms with Crippen LogP contribution < -0.4 is 14.8 Å². The molecule has 1 amide bonds. The van der Waals surface area contributed by atoms with E-state index in [1.807, 2.05) is 56.3 Å². The van der Waals surface area contributed by atoms with Crippen LogP contribution in [0.5, 0.6) is 11.5 Å². The predicted octanol–water partition coefficient (Wildman–Crippen LogP) is 4.95. The number of imidazole rings is 1. The van der Waals surface area contributed by atoms with E-state index < -0.39 is 0 Å². The Kier molecular flexibility index (Phi) is 5.22. The highest BCUT2D eigenvalue weighted by Gasteiger charge is 2.19. The molecule has 11 nitrogen and oxygen atoms in total. The maximum atomic E-state index is 12.1. The number of hydrogen-bond donors (Lipinski definition) is 3. The maximum absolute atomic E-state index is 12.1. The molecule has 6 aromatic rings. The zero-order chi connectivity index (χ0) is 26.5. The first-order valence-electron chi connectivity index (χ1n) is 12.4. The van der Waals surface area contributed by atoms with Crippen molar-refractivity contribution in [1.29, 1.82) is 0 Å². The average molecular weight is 519 g/mol. The molecule has 5 aromatic heterocycles. The van der Waals surface area contributed by atoms with Gasteiger partial charge in [-0.15, -0.1) is 0 Å². The smallest absolute Gasteiger partial charge is 0.231 e. The van der Waals surface area contributed by atoms with Crippen LogP contribution in [0.2, 0.25) is 0 Å².